The highest BCUT2D eigenvalue weighted by Crippen LogP contribution is 2.16. The van der Waals surface area contributed by atoms with Gasteiger partial charge in [-0.25, -0.2) is 0 Å². The molecule has 0 bridgehead atoms. The average Bonchev–Trinajstić information content (AvgIpc) is 2.17. The van der Waals surface area contributed by atoms with E-state index in [1.165, 1.54) is 11.1 Å². The summed E-state index contributed by atoms with van der Waals surface area (Å²) in [7, 11) is 0. The molecule has 1 rings (SSSR count). The van der Waals surface area contributed by atoms with Crippen molar-refractivity contribution in [3.63, 3.8) is 0 Å². The van der Waals surface area contributed by atoms with Gasteiger partial charge < -0.3 is 4.74 Å². The molecule has 0 unspecified atom stereocenters. The zero-order chi connectivity index (χ0) is 10.6. The van der Waals surface area contributed by atoms with Gasteiger partial charge in [-0.05, 0) is 32.8 Å². The summed E-state index contributed by atoms with van der Waals surface area (Å²) in [5.41, 5.74) is 2.53. The molecule has 0 saturated heterocycles. The van der Waals surface area contributed by atoms with E-state index in [1.54, 1.807) is 0 Å². The minimum absolute atomic E-state index is 0.00904. The lowest BCUT2D eigenvalue weighted by Gasteiger charge is -2.23. The maximum atomic E-state index is 5.80. The average molecular weight is 192 g/mol. The fraction of sp³-hybridized carbons (Fsp3) is 0.538. The molecule has 0 saturated carbocycles. The van der Waals surface area contributed by atoms with Gasteiger partial charge in [0.15, 0.2) is 0 Å². The Kier molecular flexibility index (Phi) is 3.70. The zero-order valence-corrected chi connectivity index (χ0v) is 9.63. The second-order valence-corrected chi connectivity index (χ2v) is 4.39. The third kappa shape index (κ3) is 3.51. The van der Waals surface area contributed by atoms with Gasteiger partial charge >= 0.3 is 0 Å². The van der Waals surface area contributed by atoms with Gasteiger partial charge in [0.2, 0.25) is 0 Å². The number of ether oxygens (including phenoxy) is 1. The first-order valence-corrected chi connectivity index (χ1v) is 5.23. The molecule has 1 heteroatoms. The van der Waals surface area contributed by atoms with E-state index in [0.29, 0.717) is 6.61 Å². The molecule has 0 amide bonds. The topological polar surface area (TPSA) is 9.23 Å². The lowest BCUT2D eigenvalue weighted by atomic mass is 10.1. The smallest absolute Gasteiger partial charge is 0.0724 e. The molecule has 1 aromatic rings. The molecular weight excluding hydrogens is 172 g/mol. The number of hydrogen-bond acceptors (Lipinski definition) is 1. The van der Waals surface area contributed by atoms with Crippen molar-refractivity contribution in [3.8, 4) is 0 Å². The molecule has 0 aliphatic heterocycles. The predicted molar refractivity (Wildman–Crippen MR) is 60.3 cm³/mol. The Hall–Kier alpha value is -0.820. The van der Waals surface area contributed by atoms with Gasteiger partial charge in [-0.2, -0.15) is 0 Å². The van der Waals surface area contributed by atoms with Gasteiger partial charge in [0.1, 0.15) is 0 Å². The van der Waals surface area contributed by atoms with Gasteiger partial charge in [0.25, 0.3) is 0 Å². The lowest BCUT2D eigenvalue weighted by molar-refractivity contribution is -0.0316. The Labute approximate surface area is 87.1 Å². The van der Waals surface area contributed by atoms with E-state index in [2.05, 4.69) is 52.0 Å². The van der Waals surface area contributed by atoms with Crippen molar-refractivity contribution in [3.05, 3.63) is 35.4 Å². The van der Waals surface area contributed by atoms with Crippen LogP contribution < -0.4 is 0 Å². The minimum atomic E-state index is -0.00904. The Bertz CT molecular complexity index is 272. The predicted octanol–water partition coefficient (Wildman–Crippen LogP) is 3.70. The highest BCUT2D eigenvalue weighted by molar-refractivity contribution is 5.20. The normalized spacial score (nSPS) is 11.7. The van der Waals surface area contributed by atoms with Crippen molar-refractivity contribution in [2.24, 2.45) is 0 Å². The van der Waals surface area contributed by atoms with Crippen molar-refractivity contribution >= 4 is 0 Å². The molecule has 78 valence electrons. The van der Waals surface area contributed by atoms with Gasteiger partial charge in [-0.1, -0.05) is 36.8 Å². The monoisotopic (exact) mass is 192 g/mol. The van der Waals surface area contributed by atoms with Crippen LogP contribution >= 0.6 is 0 Å². The first-order chi connectivity index (χ1) is 6.53. The van der Waals surface area contributed by atoms with Crippen molar-refractivity contribution < 1.29 is 4.74 Å². The Balaban J connectivity index is 2.50. The zero-order valence-electron chi connectivity index (χ0n) is 9.63. The van der Waals surface area contributed by atoms with Crippen LogP contribution in [0.3, 0.4) is 0 Å². The fourth-order valence-electron chi connectivity index (χ4n) is 1.07. The van der Waals surface area contributed by atoms with Crippen LogP contribution in [-0.4, -0.2) is 5.60 Å². The standard InChI is InChI=1S/C13H20O/c1-5-13(3,4)14-10-12-8-6-11(2)7-9-12/h6-9H,5,10H2,1-4H3. The van der Waals surface area contributed by atoms with Crippen LogP contribution in [0.2, 0.25) is 0 Å². The van der Waals surface area contributed by atoms with E-state index in [9.17, 15) is 0 Å². The summed E-state index contributed by atoms with van der Waals surface area (Å²) < 4.78 is 5.80. The molecule has 0 fully saturated rings. The fourth-order valence-corrected chi connectivity index (χ4v) is 1.07. The summed E-state index contributed by atoms with van der Waals surface area (Å²) in [6, 6.07) is 8.50. The van der Waals surface area contributed by atoms with Crippen molar-refractivity contribution in [1.29, 1.82) is 0 Å². The Morgan fingerprint density at radius 2 is 1.71 bits per heavy atom. The maximum absolute atomic E-state index is 5.80. The van der Waals surface area contributed by atoms with Crippen molar-refractivity contribution in [1.82, 2.24) is 0 Å². The lowest BCUT2D eigenvalue weighted by Crippen LogP contribution is -2.22. The van der Waals surface area contributed by atoms with Crippen LogP contribution in [-0.2, 0) is 11.3 Å². The number of benzene rings is 1. The maximum Gasteiger partial charge on any atom is 0.0724 e. The highest BCUT2D eigenvalue weighted by Gasteiger charge is 2.14. The molecule has 0 radical (unpaired) electrons. The van der Waals surface area contributed by atoms with Gasteiger partial charge in [0, 0.05) is 0 Å². The van der Waals surface area contributed by atoms with E-state index in [1.807, 2.05) is 0 Å². The largest absolute Gasteiger partial charge is 0.371 e. The first-order valence-electron chi connectivity index (χ1n) is 5.23. The quantitative estimate of drug-likeness (QED) is 0.706. The van der Waals surface area contributed by atoms with Gasteiger partial charge in [0.05, 0.1) is 12.2 Å². The third-order valence-electron chi connectivity index (χ3n) is 2.60. The minimum Gasteiger partial charge on any atom is -0.371 e. The van der Waals surface area contributed by atoms with Gasteiger partial charge in [-0.15, -0.1) is 0 Å². The van der Waals surface area contributed by atoms with E-state index in [4.69, 9.17) is 4.74 Å². The molecule has 0 aromatic heterocycles. The van der Waals surface area contributed by atoms with Crippen LogP contribution in [0.5, 0.6) is 0 Å². The molecule has 1 aromatic carbocycles. The number of aryl methyl sites for hydroxylation is 1. The first kappa shape index (κ1) is 11.3. The van der Waals surface area contributed by atoms with E-state index < -0.39 is 0 Å². The Morgan fingerprint density at radius 1 is 1.14 bits per heavy atom. The summed E-state index contributed by atoms with van der Waals surface area (Å²) in [6.07, 6.45) is 1.04. The second kappa shape index (κ2) is 4.61. The third-order valence-corrected chi connectivity index (χ3v) is 2.60. The van der Waals surface area contributed by atoms with E-state index in [-0.39, 0.29) is 5.60 Å². The van der Waals surface area contributed by atoms with Crippen LogP contribution in [0.4, 0.5) is 0 Å². The molecule has 0 spiro atoms. The van der Waals surface area contributed by atoms with Crippen molar-refractivity contribution in [2.75, 3.05) is 0 Å². The molecule has 0 aliphatic rings. The molecule has 0 aliphatic carbocycles. The van der Waals surface area contributed by atoms with E-state index >= 15 is 0 Å². The van der Waals surface area contributed by atoms with Crippen LogP contribution in [0.25, 0.3) is 0 Å². The second-order valence-electron chi connectivity index (χ2n) is 4.39. The molecule has 0 atom stereocenters. The molecule has 1 nitrogen and oxygen atoms in total. The van der Waals surface area contributed by atoms with Crippen LogP contribution in [0, 0.1) is 6.92 Å². The number of hydrogen-bond donors (Lipinski definition) is 0. The van der Waals surface area contributed by atoms with Crippen LogP contribution in [0.1, 0.15) is 38.3 Å². The molecular formula is C13H20O. The molecule has 14 heavy (non-hydrogen) atoms. The van der Waals surface area contributed by atoms with E-state index in [0.717, 1.165) is 6.42 Å². The summed E-state index contributed by atoms with van der Waals surface area (Å²) >= 11 is 0. The number of rotatable bonds is 4. The molecule has 0 N–H and O–H groups in total. The Morgan fingerprint density at radius 3 is 2.21 bits per heavy atom. The van der Waals surface area contributed by atoms with Gasteiger partial charge in [-0.3, -0.25) is 0 Å². The molecule has 0 heterocycles. The summed E-state index contributed by atoms with van der Waals surface area (Å²) in [6.45, 7) is 9.21. The summed E-state index contributed by atoms with van der Waals surface area (Å²) in [4.78, 5) is 0. The summed E-state index contributed by atoms with van der Waals surface area (Å²) in [5.74, 6) is 0. The highest BCUT2D eigenvalue weighted by atomic mass is 16.5. The van der Waals surface area contributed by atoms with Crippen LogP contribution in [0.15, 0.2) is 24.3 Å². The SMILES string of the molecule is CCC(C)(C)OCc1ccc(C)cc1. The summed E-state index contributed by atoms with van der Waals surface area (Å²) in [5, 5.41) is 0. The van der Waals surface area contributed by atoms with Crippen molar-refractivity contribution in [2.45, 2.75) is 46.3 Å².